The van der Waals surface area contributed by atoms with Crippen molar-refractivity contribution in [2.24, 2.45) is 5.92 Å². The van der Waals surface area contributed by atoms with Crippen LogP contribution in [0.15, 0.2) is 42.5 Å². The lowest BCUT2D eigenvalue weighted by Crippen LogP contribution is -2.61. The summed E-state index contributed by atoms with van der Waals surface area (Å²) < 4.78 is 53.1. The van der Waals surface area contributed by atoms with Gasteiger partial charge in [-0.25, -0.2) is 4.39 Å². The lowest BCUT2D eigenvalue weighted by molar-refractivity contribution is -0.137. The van der Waals surface area contributed by atoms with Crippen molar-refractivity contribution in [1.82, 2.24) is 5.32 Å². The number of hydrogen-bond donors (Lipinski definition) is 1. The van der Waals surface area contributed by atoms with E-state index in [1.807, 2.05) is 13.8 Å². The van der Waals surface area contributed by atoms with Crippen LogP contribution in [0.25, 0.3) is 0 Å². The van der Waals surface area contributed by atoms with Crippen molar-refractivity contribution in [3.05, 3.63) is 59.4 Å². The van der Waals surface area contributed by atoms with E-state index in [1.54, 1.807) is 12.1 Å². The average Bonchev–Trinajstić information content (AvgIpc) is 2.71. The maximum absolute atomic E-state index is 13.3. The average molecular weight is 435 g/mol. The van der Waals surface area contributed by atoms with Crippen LogP contribution in [0.4, 0.5) is 28.9 Å². The predicted octanol–water partition coefficient (Wildman–Crippen LogP) is 4.24. The SMILES string of the molecule is CC(C)NC(=O)[C@H]1Cc2cc(C(F)(F)F)ccc2N2CCN(c3ccc(F)cc3)C[C@H]12. The quantitative estimate of drug-likeness (QED) is 0.733. The number of hydrogen-bond acceptors (Lipinski definition) is 3. The van der Waals surface area contributed by atoms with Gasteiger partial charge in [-0.1, -0.05) is 0 Å². The number of alkyl halides is 3. The zero-order chi connectivity index (χ0) is 22.3. The van der Waals surface area contributed by atoms with E-state index in [0.29, 0.717) is 25.2 Å². The van der Waals surface area contributed by atoms with Gasteiger partial charge in [-0.3, -0.25) is 4.79 Å². The van der Waals surface area contributed by atoms with Gasteiger partial charge in [-0.05, 0) is 68.3 Å². The molecule has 1 saturated heterocycles. The van der Waals surface area contributed by atoms with Gasteiger partial charge in [0.25, 0.3) is 0 Å². The van der Waals surface area contributed by atoms with Crippen LogP contribution in [0.3, 0.4) is 0 Å². The Bertz CT molecular complexity index is 958. The Labute approximate surface area is 178 Å². The Kier molecular flexibility index (Phi) is 5.58. The van der Waals surface area contributed by atoms with Crippen molar-refractivity contribution >= 4 is 17.3 Å². The molecule has 0 bridgehead atoms. The molecule has 1 N–H and O–H groups in total. The van der Waals surface area contributed by atoms with Crippen molar-refractivity contribution in [3.63, 3.8) is 0 Å². The Morgan fingerprint density at radius 2 is 1.81 bits per heavy atom. The lowest BCUT2D eigenvalue weighted by Gasteiger charge is -2.49. The third-order valence-electron chi connectivity index (χ3n) is 6.00. The molecule has 2 aliphatic rings. The molecule has 0 radical (unpaired) electrons. The van der Waals surface area contributed by atoms with Crippen molar-refractivity contribution < 1.29 is 22.4 Å². The van der Waals surface area contributed by atoms with Gasteiger partial charge in [0.05, 0.1) is 17.5 Å². The Morgan fingerprint density at radius 1 is 1.10 bits per heavy atom. The Morgan fingerprint density at radius 3 is 2.45 bits per heavy atom. The monoisotopic (exact) mass is 435 g/mol. The molecule has 0 aromatic heterocycles. The third-order valence-corrected chi connectivity index (χ3v) is 6.00. The lowest BCUT2D eigenvalue weighted by atomic mass is 9.82. The fraction of sp³-hybridized carbons (Fsp3) is 0.435. The maximum Gasteiger partial charge on any atom is 0.416 e. The van der Waals surface area contributed by atoms with Crippen LogP contribution in [0.1, 0.15) is 25.0 Å². The van der Waals surface area contributed by atoms with Crippen LogP contribution < -0.4 is 15.1 Å². The van der Waals surface area contributed by atoms with E-state index in [1.165, 1.54) is 24.3 Å². The molecule has 0 unspecified atom stereocenters. The van der Waals surface area contributed by atoms with Gasteiger partial charge in [0.2, 0.25) is 5.91 Å². The molecule has 1 amide bonds. The number of rotatable bonds is 3. The molecule has 4 nitrogen and oxygen atoms in total. The first-order chi connectivity index (χ1) is 14.6. The van der Waals surface area contributed by atoms with Crippen LogP contribution in [0.5, 0.6) is 0 Å². The second kappa shape index (κ2) is 8.05. The van der Waals surface area contributed by atoms with Gasteiger partial charge in [0.1, 0.15) is 5.82 Å². The smallest absolute Gasteiger partial charge is 0.368 e. The van der Waals surface area contributed by atoms with Gasteiger partial charge in [-0.2, -0.15) is 13.2 Å². The Balaban J connectivity index is 1.68. The topological polar surface area (TPSA) is 35.6 Å². The van der Waals surface area contributed by atoms with E-state index in [2.05, 4.69) is 15.1 Å². The molecule has 1 fully saturated rings. The van der Waals surface area contributed by atoms with Crippen LogP contribution in [0, 0.1) is 11.7 Å². The van der Waals surface area contributed by atoms with Crippen molar-refractivity contribution in [2.75, 3.05) is 29.4 Å². The van der Waals surface area contributed by atoms with E-state index in [0.717, 1.165) is 17.4 Å². The number of nitrogens with zero attached hydrogens (tertiary/aromatic N) is 2. The highest BCUT2D eigenvalue weighted by molar-refractivity contribution is 5.82. The largest absolute Gasteiger partial charge is 0.416 e. The first-order valence-electron chi connectivity index (χ1n) is 10.4. The molecular formula is C23H25F4N3O. The zero-order valence-electron chi connectivity index (χ0n) is 17.4. The fourth-order valence-corrected chi connectivity index (χ4v) is 4.58. The van der Waals surface area contributed by atoms with Crippen molar-refractivity contribution in [1.29, 1.82) is 0 Å². The molecule has 0 saturated carbocycles. The first kappa shape index (κ1) is 21.5. The van der Waals surface area contributed by atoms with E-state index in [4.69, 9.17) is 0 Å². The summed E-state index contributed by atoms with van der Waals surface area (Å²) in [6, 6.07) is 9.77. The summed E-state index contributed by atoms with van der Waals surface area (Å²) in [5.74, 6) is -0.959. The number of amides is 1. The normalized spacial score (nSPS) is 21.0. The number of carbonyl (C=O) groups is 1. The summed E-state index contributed by atoms with van der Waals surface area (Å²) in [6.07, 6.45) is -4.18. The minimum Gasteiger partial charge on any atom is -0.368 e. The Hall–Kier alpha value is -2.77. The number of benzene rings is 2. The van der Waals surface area contributed by atoms with Crippen molar-refractivity contribution in [2.45, 2.75) is 38.5 Å². The number of carbonyl (C=O) groups excluding carboxylic acids is 1. The highest BCUT2D eigenvalue weighted by Crippen LogP contribution is 2.40. The number of nitrogens with one attached hydrogen (secondary N) is 1. The summed E-state index contributed by atoms with van der Waals surface area (Å²) >= 11 is 0. The minimum absolute atomic E-state index is 0.0688. The number of fused-ring (bicyclic) bond motifs is 3. The van der Waals surface area contributed by atoms with E-state index < -0.39 is 17.7 Å². The molecule has 2 heterocycles. The first-order valence-corrected chi connectivity index (χ1v) is 10.4. The third kappa shape index (κ3) is 4.34. The summed E-state index contributed by atoms with van der Waals surface area (Å²) in [6.45, 7) is 5.44. The number of halogens is 4. The van der Waals surface area contributed by atoms with Crippen LogP contribution in [-0.4, -0.2) is 37.6 Å². The van der Waals surface area contributed by atoms with Crippen LogP contribution >= 0.6 is 0 Å². The van der Waals surface area contributed by atoms with Crippen LogP contribution in [0.2, 0.25) is 0 Å². The van der Waals surface area contributed by atoms with Gasteiger partial charge >= 0.3 is 6.18 Å². The molecular weight excluding hydrogens is 410 g/mol. The number of piperazine rings is 1. The predicted molar refractivity (Wildman–Crippen MR) is 112 cm³/mol. The van der Waals surface area contributed by atoms with Gasteiger partial charge in [0, 0.05) is 37.1 Å². The highest BCUT2D eigenvalue weighted by atomic mass is 19.4. The van der Waals surface area contributed by atoms with Crippen molar-refractivity contribution in [3.8, 4) is 0 Å². The summed E-state index contributed by atoms with van der Waals surface area (Å²) in [5.41, 5.74) is 1.47. The van der Waals surface area contributed by atoms with Crippen LogP contribution in [-0.2, 0) is 17.4 Å². The molecule has 166 valence electrons. The molecule has 2 aromatic rings. The summed E-state index contributed by atoms with van der Waals surface area (Å²) in [5, 5.41) is 2.93. The minimum atomic E-state index is -4.43. The fourth-order valence-electron chi connectivity index (χ4n) is 4.58. The highest BCUT2D eigenvalue weighted by Gasteiger charge is 2.42. The molecule has 2 aromatic carbocycles. The van der Waals surface area contributed by atoms with Gasteiger partial charge in [0.15, 0.2) is 0 Å². The molecule has 4 rings (SSSR count). The molecule has 31 heavy (non-hydrogen) atoms. The summed E-state index contributed by atoms with van der Waals surface area (Å²) in [7, 11) is 0. The molecule has 2 aliphatic heterocycles. The second-order valence-corrected chi connectivity index (χ2v) is 8.50. The van der Waals surface area contributed by atoms with E-state index in [9.17, 15) is 22.4 Å². The summed E-state index contributed by atoms with van der Waals surface area (Å²) in [4.78, 5) is 17.2. The maximum atomic E-state index is 13.3. The van der Waals surface area contributed by atoms with E-state index >= 15 is 0 Å². The van der Waals surface area contributed by atoms with E-state index in [-0.39, 0.29) is 30.2 Å². The second-order valence-electron chi connectivity index (χ2n) is 8.50. The van der Waals surface area contributed by atoms with Gasteiger partial charge in [-0.15, -0.1) is 0 Å². The molecule has 0 aliphatic carbocycles. The standard InChI is InChI=1S/C23H25F4N3O/c1-14(2)28-22(31)19-12-15-11-16(23(25,26)27)3-8-20(15)30-10-9-29(13-21(19)30)18-6-4-17(24)5-7-18/h3-8,11,14,19,21H,9-10,12-13H2,1-2H3,(H,28,31)/t19-,21+/m0/s1. The molecule has 8 heteroatoms. The zero-order valence-corrected chi connectivity index (χ0v) is 17.4. The molecule has 2 atom stereocenters. The number of anilines is 2. The molecule has 0 spiro atoms. The van der Waals surface area contributed by atoms with Gasteiger partial charge < -0.3 is 15.1 Å².